The van der Waals surface area contributed by atoms with Crippen molar-refractivity contribution in [3.8, 4) is 0 Å². The van der Waals surface area contributed by atoms with E-state index in [1.807, 2.05) is 0 Å². The minimum absolute atomic E-state index is 0.916. The Hall–Kier alpha value is -0.660. The van der Waals surface area contributed by atoms with Crippen LogP contribution in [0, 0.1) is 0 Å². The lowest BCUT2D eigenvalue weighted by atomic mass is 10.2. The van der Waals surface area contributed by atoms with Crippen LogP contribution in [0.15, 0.2) is 11.9 Å². The van der Waals surface area contributed by atoms with E-state index in [-0.39, 0.29) is 0 Å². The predicted molar refractivity (Wildman–Crippen MR) is 38.7 cm³/mol. The Morgan fingerprint density at radius 3 is 3.11 bits per heavy atom. The van der Waals surface area contributed by atoms with E-state index < -0.39 is 0 Å². The van der Waals surface area contributed by atoms with Crippen LogP contribution in [0.4, 0.5) is 0 Å². The highest BCUT2D eigenvalue weighted by molar-refractivity contribution is 5.02. The zero-order valence-corrected chi connectivity index (χ0v) is 5.91. The van der Waals surface area contributed by atoms with Crippen molar-refractivity contribution in [3.63, 3.8) is 0 Å². The summed E-state index contributed by atoms with van der Waals surface area (Å²) in [7, 11) is 0. The van der Waals surface area contributed by atoms with Gasteiger partial charge in [0.2, 0.25) is 0 Å². The molecule has 1 aliphatic rings. The van der Waals surface area contributed by atoms with E-state index in [4.69, 9.17) is 0 Å². The molecule has 0 bridgehead atoms. The van der Waals surface area contributed by atoms with Crippen molar-refractivity contribution in [3.05, 3.63) is 11.9 Å². The maximum absolute atomic E-state index is 3.24. The normalized spacial score (nSPS) is 16.3. The molecule has 1 aliphatic heterocycles. The molecule has 0 aliphatic carbocycles. The Balaban J connectivity index is 2.11. The van der Waals surface area contributed by atoms with Crippen molar-refractivity contribution in [2.75, 3.05) is 6.67 Å². The van der Waals surface area contributed by atoms with Crippen molar-refractivity contribution >= 4 is 0 Å². The summed E-state index contributed by atoms with van der Waals surface area (Å²) in [5, 5.41) is 6.35. The fraction of sp³-hybridized carbons (Fsp3) is 0.714. The molecule has 0 atom stereocenters. The van der Waals surface area contributed by atoms with Crippen LogP contribution in [0.2, 0.25) is 0 Å². The van der Waals surface area contributed by atoms with Gasteiger partial charge >= 0.3 is 0 Å². The van der Waals surface area contributed by atoms with Crippen molar-refractivity contribution in [2.24, 2.45) is 0 Å². The van der Waals surface area contributed by atoms with Gasteiger partial charge in [-0.2, -0.15) is 0 Å². The van der Waals surface area contributed by atoms with Gasteiger partial charge in [0.25, 0.3) is 0 Å². The van der Waals surface area contributed by atoms with E-state index >= 15 is 0 Å². The fourth-order valence-electron chi connectivity index (χ4n) is 0.918. The first-order valence-electron chi connectivity index (χ1n) is 3.60. The fourth-order valence-corrected chi connectivity index (χ4v) is 0.918. The van der Waals surface area contributed by atoms with Gasteiger partial charge in [-0.15, -0.1) is 0 Å². The molecule has 2 heteroatoms. The van der Waals surface area contributed by atoms with Crippen LogP contribution in [-0.2, 0) is 0 Å². The van der Waals surface area contributed by atoms with Crippen molar-refractivity contribution in [1.29, 1.82) is 0 Å². The Morgan fingerprint density at radius 2 is 2.56 bits per heavy atom. The molecule has 0 radical (unpaired) electrons. The number of rotatable bonds is 3. The molecule has 0 aromatic rings. The van der Waals surface area contributed by atoms with Crippen LogP contribution < -0.4 is 10.6 Å². The molecule has 1 rings (SSSR count). The average Bonchev–Trinajstić information content (AvgIpc) is 2.34. The summed E-state index contributed by atoms with van der Waals surface area (Å²) < 4.78 is 0. The first kappa shape index (κ1) is 6.46. The average molecular weight is 126 g/mol. The van der Waals surface area contributed by atoms with Crippen LogP contribution in [0.3, 0.4) is 0 Å². The van der Waals surface area contributed by atoms with Crippen LogP contribution >= 0.6 is 0 Å². The molecule has 0 amide bonds. The van der Waals surface area contributed by atoms with Gasteiger partial charge < -0.3 is 10.6 Å². The molecule has 9 heavy (non-hydrogen) atoms. The molecule has 1 heterocycles. The summed E-state index contributed by atoms with van der Waals surface area (Å²) in [5.41, 5.74) is 1.36. The maximum atomic E-state index is 3.24. The third kappa shape index (κ3) is 1.96. The molecule has 0 saturated carbocycles. The highest BCUT2D eigenvalue weighted by atomic mass is 15.1. The van der Waals surface area contributed by atoms with Gasteiger partial charge in [0, 0.05) is 11.9 Å². The SMILES string of the molecule is CCCCC1=CNCN1. The molecule has 2 nitrogen and oxygen atoms in total. The zero-order valence-electron chi connectivity index (χ0n) is 5.91. The summed E-state index contributed by atoms with van der Waals surface area (Å²) >= 11 is 0. The van der Waals surface area contributed by atoms with Gasteiger partial charge in [-0.25, -0.2) is 0 Å². The van der Waals surface area contributed by atoms with Crippen LogP contribution in [0.5, 0.6) is 0 Å². The van der Waals surface area contributed by atoms with Gasteiger partial charge in [-0.05, 0) is 12.8 Å². The van der Waals surface area contributed by atoms with Gasteiger partial charge in [-0.3, -0.25) is 0 Å². The first-order chi connectivity index (χ1) is 4.43. The van der Waals surface area contributed by atoms with E-state index in [1.165, 1.54) is 25.0 Å². The van der Waals surface area contributed by atoms with Gasteiger partial charge in [0.1, 0.15) is 0 Å². The molecule has 0 unspecified atom stereocenters. The van der Waals surface area contributed by atoms with Gasteiger partial charge in [0.15, 0.2) is 0 Å². The highest BCUT2D eigenvalue weighted by Gasteiger charge is 1.99. The summed E-state index contributed by atoms with van der Waals surface area (Å²) in [4.78, 5) is 0. The molecule has 0 aromatic carbocycles. The van der Waals surface area contributed by atoms with Crippen molar-refractivity contribution in [2.45, 2.75) is 26.2 Å². The third-order valence-electron chi connectivity index (χ3n) is 1.49. The topological polar surface area (TPSA) is 24.1 Å². The Morgan fingerprint density at radius 1 is 1.67 bits per heavy atom. The van der Waals surface area contributed by atoms with Crippen LogP contribution in [-0.4, -0.2) is 6.67 Å². The van der Waals surface area contributed by atoms with Gasteiger partial charge in [-0.1, -0.05) is 13.3 Å². The predicted octanol–water partition coefficient (Wildman–Crippen LogP) is 1.17. The standard InChI is InChI=1S/C7H14N2/c1-2-3-4-7-5-8-6-9-7/h5,8-9H,2-4,6H2,1H3. The molecule has 52 valence electrons. The summed E-state index contributed by atoms with van der Waals surface area (Å²) in [6.45, 7) is 3.13. The molecule has 0 saturated heterocycles. The van der Waals surface area contributed by atoms with E-state index in [0.717, 1.165) is 6.67 Å². The second kappa shape index (κ2) is 3.38. The molecule has 0 aromatic heterocycles. The molecular formula is C7H14N2. The minimum Gasteiger partial charge on any atom is -0.372 e. The smallest absolute Gasteiger partial charge is 0.0843 e. The monoisotopic (exact) mass is 126 g/mol. The number of hydrogen-bond donors (Lipinski definition) is 2. The lowest BCUT2D eigenvalue weighted by molar-refractivity contribution is 0.725. The van der Waals surface area contributed by atoms with E-state index in [0.29, 0.717) is 0 Å². The lowest BCUT2D eigenvalue weighted by Gasteiger charge is -1.98. The Bertz CT molecular complexity index is 107. The van der Waals surface area contributed by atoms with Gasteiger partial charge in [0.05, 0.1) is 6.67 Å². The first-order valence-corrected chi connectivity index (χ1v) is 3.60. The van der Waals surface area contributed by atoms with Crippen molar-refractivity contribution in [1.82, 2.24) is 10.6 Å². The Kier molecular flexibility index (Phi) is 2.43. The molecule has 0 fully saturated rings. The number of allylic oxidation sites excluding steroid dienone is 1. The Labute approximate surface area is 56.3 Å². The second-order valence-electron chi connectivity index (χ2n) is 2.33. The number of hydrogen-bond acceptors (Lipinski definition) is 2. The third-order valence-corrected chi connectivity index (χ3v) is 1.49. The summed E-state index contributed by atoms with van der Waals surface area (Å²) in [6, 6.07) is 0. The highest BCUT2D eigenvalue weighted by Crippen LogP contribution is 2.04. The second-order valence-corrected chi connectivity index (χ2v) is 2.33. The molecular weight excluding hydrogens is 112 g/mol. The summed E-state index contributed by atoms with van der Waals surface area (Å²) in [6.07, 6.45) is 5.83. The number of unbranched alkanes of at least 4 members (excludes halogenated alkanes) is 1. The molecule has 0 spiro atoms. The molecule has 2 N–H and O–H groups in total. The number of nitrogens with one attached hydrogen (secondary N) is 2. The van der Waals surface area contributed by atoms with E-state index in [9.17, 15) is 0 Å². The zero-order chi connectivity index (χ0) is 6.53. The van der Waals surface area contributed by atoms with E-state index in [2.05, 4.69) is 23.8 Å². The van der Waals surface area contributed by atoms with Crippen LogP contribution in [0.25, 0.3) is 0 Å². The lowest BCUT2D eigenvalue weighted by Crippen LogP contribution is -2.13. The summed E-state index contributed by atoms with van der Waals surface area (Å²) in [5.74, 6) is 0. The van der Waals surface area contributed by atoms with Crippen molar-refractivity contribution < 1.29 is 0 Å². The quantitative estimate of drug-likeness (QED) is 0.593. The maximum Gasteiger partial charge on any atom is 0.0843 e. The van der Waals surface area contributed by atoms with Crippen LogP contribution in [0.1, 0.15) is 26.2 Å². The minimum atomic E-state index is 0.916. The largest absolute Gasteiger partial charge is 0.372 e. The van der Waals surface area contributed by atoms with E-state index in [1.54, 1.807) is 0 Å².